The minimum absolute atomic E-state index is 0.228. The zero-order chi connectivity index (χ0) is 14.8. The Balaban J connectivity index is 1.88. The molecule has 1 saturated heterocycles. The van der Waals surface area contributed by atoms with Gasteiger partial charge >= 0.3 is 0 Å². The van der Waals surface area contributed by atoms with Crippen molar-refractivity contribution in [3.63, 3.8) is 0 Å². The topological polar surface area (TPSA) is 40.5 Å². The second kappa shape index (κ2) is 9.38. The van der Waals surface area contributed by atoms with Crippen molar-refractivity contribution in [2.24, 2.45) is 0 Å². The van der Waals surface area contributed by atoms with Gasteiger partial charge in [0.15, 0.2) is 0 Å². The first kappa shape index (κ1) is 17.5. The van der Waals surface area contributed by atoms with Crippen LogP contribution in [0, 0.1) is 0 Å². The Morgan fingerprint density at radius 1 is 0.950 bits per heavy atom. The molecule has 20 heavy (non-hydrogen) atoms. The molecule has 1 rings (SSSR count). The monoisotopic (exact) mass is 283 g/mol. The third-order valence-electron chi connectivity index (χ3n) is 4.48. The lowest BCUT2D eigenvalue weighted by molar-refractivity contribution is -0.155. The molecule has 1 aliphatic rings. The second-order valence-electron chi connectivity index (χ2n) is 6.41. The Morgan fingerprint density at radius 3 is 1.95 bits per heavy atom. The number of hydrogen-bond donors (Lipinski definition) is 1. The second-order valence-corrected chi connectivity index (χ2v) is 6.41. The molecular weight excluding hydrogens is 250 g/mol. The van der Waals surface area contributed by atoms with Crippen LogP contribution >= 0.6 is 0 Å². The molecule has 0 bridgehead atoms. The lowest BCUT2D eigenvalue weighted by atomic mass is 9.91. The molecule has 1 amide bonds. The number of amides is 1. The lowest BCUT2D eigenvalue weighted by Gasteiger charge is -2.46. The zero-order valence-corrected chi connectivity index (χ0v) is 13.5. The predicted octanol–water partition coefficient (Wildman–Crippen LogP) is 3.89. The molecule has 1 aliphatic heterocycles. The van der Waals surface area contributed by atoms with E-state index in [-0.39, 0.29) is 5.91 Å². The summed E-state index contributed by atoms with van der Waals surface area (Å²) in [5.74, 6) is 0.228. The zero-order valence-electron chi connectivity index (χ0n) is 13.5. The Kier molecular flexibility index (Phi) is 8.20. The summed E-state index contributed by atoms with van der Waals surface area (Å²) in [6.45, 7) is 5.30. The number of rotatable bonds is 11. The fourth-order valence-corrected chi connectivity index (χ4v) is 2.81. The van der Waals surface area contributed by atoms with Gasteiger partial charge in [0.05, 0.1) is 18.7 Å². The lowest BCUT2D eigenvalue weighted by Crippen LogP contribution is -2.63. The van der Waals surface area contributed by atoms with Gasteiger partial charge in [-0.15, -0.1) is 0 Å². The van der Waals surface area contributed by atoms with Gasteiger partial charge in [-0.3, -0.25) is 4.79 Å². The Bertz CT molecular complexity index is 272. The number of likely N-dealkylation sites (tertiary alicyclic amines) is 1. The molecule has 3 heteroatoms. The molecule has 1 N–H and O–H groups in total. The third-order valence-corrected chi connectivity index (χ3v) is 4.48. The van der Waals surface area contributed by atoms with Crippen LogP contribution in [0.1, 0.15) is 84.5 Å². The van der Waals surface area contributed by atoms with Crippen LogP contribution in [-0.2, 0) is 4.79 Å². The number of aliphatic hydroxyl groups is 1. The molecule has 0 radical (unpaired) electrons. The molecule has 0 spiro atoms. The van der Waals surface area contributed by atoms with Gasteiger partial charge in [0.2, 0.25) is 5.91 Å². The van der Waals surface area contributed by atoms with E-state index < -0.39 is 5.60 Å². The highest BCUT2D eigenvalue weighted by molar-refractivity contribution is 5.77. The van der Waals surface area contributed by atoms with Gasteiger partial charge in [-0.1, -0.05) is 65.2 Å². The van der Waals surface area contributed by atoms with Crippen molar-refractivity contribution in [1.29, 1.82) is 0 Å². The van der Waals surface area contributed by atoms with Crippen LogP contribution in [0.3, 0.4) is 0 Å². The maximum absolute atomic E-state index is 11.9. The normalized spacial score (nSPS) is 17.1. The summed E-state index contributed by atoms with van der Waals surface area (Å²) in [5.41, 5.74) is -0.589. The first-order chi connectivity index (χ1) is 9.61. The van der Waals surface area contributed by atoms with Gasteiger partial charge in [-0.25, -0.2) is 0 Å². The van der Waals surface area contributed by atoms with Crippen LogP contribution in [0.15, 0.2) is 0 Å². The van der Waals surface area contributed by atoms with Crippen molar-refractivity contribution in [3.05, 3.63) is 0 Å². The molecule has 118 valence electrons. The van der Waals surface area contributed by atoms with Gasteiger partial charge < -0.3 is 10.0 Å². The maximum atomic E-state index is 11.9. The maximum Gasteiger partial charge on any atom is 0.222 e. The van der Waals surface area contributed by atoms with Gasteiger partial charge in [-0.05, 0) is 12.8 Å². The molecular formula is C17H33NO2. The molecule has 0 unspecified atom stereocenters. The van der Waals surface area contributed by atoms with E-state index in [0.29, 0.717) is 19.5 Å². The average molecular weight is 283 g/mol. The van der Waals surface area contributed by atoms with Crippen molar-refractivity contribution in [1.82, 2.24) is 4.90 Å². The first-order valence-electron chi connectivity index (χ1n) is 8.61. The summed E-state index contributed by atoms with van der Waals surface area (Å²) in [4.78, 5) is 13.7. The highest BCUT2D eigenvalue weighted by atomic mass is 16.3. The third kappa shape index (κ3) is 6.25. The molecule has 1 heterocycles. The SMILES string of the molecule is CCCCCCCCCCCC(=O)N1CC(O)(CC)C1. The molecule has 0 aromatic rings. The number of nitrogens with zero attached hydrogens (tertiary/aromatic N) is 1. The van der Waals surface area contributed by atoms with Gasteiger partial charge in [0.1, 0.15) is 0 Å². The number of carbonyl (C=O) groups excluding carboxylic acids is 1. The largest absolute Gasteiger partial charge is 0.386 e. The van der Waals surface area contributed by atoms with E-state index in [0.717, 1.165) is 12.8 Å². The number of unbranched alkanes of at least 4 members (excludes halogenated alkanes) is 8. The highest BCUT2D eigenvalue weighted by Gasteiger charge is 2.41. The standard InChI is InChI=1S/C17H33NO2/c1-3-5-6-7-8-9-10-11-12-13-16(19)18-14-17(20,4-2)15-18/h20H,3-15H2,1-2H3. The summed E-state index contributed by atoms with van der Waals surface area (Å²) in [5, 5.41) is 9.87. The summed E-state index contributed by atoms with van der Waals surface area (Å²) in [6.07, 6.45) is 12.9. The first-order valence-corrected chi connectivity index (χ1v) is 8.61. The quantitative estimate of drug-likeness (QED) is 0.584. The van der Waals surface area contributed by atoms with Crippen LogP contribution in [0.4, 0.5) is 0 Å². The van der Waals surface area contributed by atoms with Crippen molar-refractivity contribution in [3.8, 4) is 0 Å². The number of hydrogen-bond acceptors (Lipinski definition) is 2. The van der Waals surface area contributed by atoms with Crippen molar-refractivity contribution >= 4 is 5.91 Å². The number of β-amino-alcohol motifs (C(OH)–C–C–N with tert-alkyl or cyclic N) is 1. The van der Waals surface area contributed by atoms with E-state index in [2.05, 4.69) is 6.92 Å². The van der Waals surface area contributed by atoms with E-state index in [1.165, 1.54) is 51.4 Å². The Hall–Kier alpha value is -0.570. The van der Waals surface area contributed by atoms with E-state index >= 15 is 0 Å². The minimum atomic E-state index is -0.589. The van der Waals surface area contributed by atoms with Crippen LogP contribution in [0.2, 0.25) is 0 Å². The summed E-state index contributed by atoms with van der Waals surface area (Å²) in [7, 11) is 0. The Labute approximate surface area is 124 Å². The van der Waals surface area contributed by atoms with Crippen LogP contribution in [0.5, 0.6) is 0 Å². The van der Waals surface area contributed by atoms with Crippen molar-refractivity contribution in [2.75, 3.05) is 13.1 Å². The molecule has 1 fully saturated rings. The predicted molar refractivity (Wildman–Crippen MR) is 83.7 cm³/mol. The average Bonchev–Trinajstić information content (AvgIpc) is 2.41. The number of carbonyl (C=O) groups is 1. The highest BCUT2D eigenvalue weighted by Crippen LogP contribution is 2.25. The van der Waals surface area contributed by atoms with Crippen LogP contribution in [-0.4, -0.2) is 34.6 Å². The van der Waals surface area contributed by atoms with E-state index in [4.69, 9.17) is 0 Å². The fourth-order valence-electron chi connectivity index (χ4n) is 2.81. The molecule has 0 aromatic heterocycles. The Morgan fingerprint density at radius 2 is 1.45 bits per heavy atom. The van der Waals surface area contributed by atoms with E-state index in [1.54, 1.807) is 4.90 Å². The molecule has 0 saturated carbocycles. The molecule has 0 aromatic carbocycles. The minimum Gasteiger partial charge on any atom is -0.386 e. The fraction of sp³-hybridized carbons (Fsp3) is 0.941. The van der Waals surface area contributed by atoms with Gasteiger partial charge in [0.25, 0.3) is 0 Å². The van der Waals surface area contributed by atoms with Crippen LogP contribution < -0.4 is 0 Å². The van der Waals surface area contributed by atoms with Crippen LogP contribution in [0.25, 0.3) is 0 Å². The van der Waals surface area contributed by atoms with E-state index in [9.17, 15) is 9.90 Å². The smallest absolute Gasteiger partial charge is 0.222 e. The summed E-state index contributed by atoms with van der Waals surface area (Å²) in [6, 6.07) is 0. The van der Waals surface area contributed by atoms with Gasteiger partial charge in [0, 0.05) is 6.42 Å². The summed E-state index contributed by atoms with van der Waals surface area (Å²) >= 11 is 0. The molecule has 0 aliphatic carbocycles. The van der Waals surface area contributed by atoms with E-state index in [1.807, 2.05) is 6.92 Å². The molecule has 3 nitrogen and oxygen atoms in total. The van der Waals surface area contributed by atoms with Crippen molar-refractivity contribution < 1.29 is 9.90 Å². The van der Waals surface area contributed by atoms with Gasteiger partial charge in [-0.2, -0.15) is 0 Å². The van der Waals surface area contributed by atoms with Crippen molar-refractivity contribution in [2.45, 2.75) is 90.1 Å². The summed E-state index contributed by atoms with van der Waals surface area (Å²) < 4.78 is 0. The molecule has 0 atom stereocenters.